The van der Waals surface area contributed by atoms with Crippen LogP contribution >= 0.6 is 0 Å². The van der Waals surface area contributed by atoms with E-state index >= 15 is 0 Å². The maximum absolute atomic E-state index is 11.7. The van der Waals surface area contributed by atoms with Crippen LogP contribution in [0.3, 0.4) is 0 Å². The van der Waals surface area contributed by atoms with Gasteiger partial charge in [0.15, 0.2) is 0 Å². The molecule has 1 aliphatic heterocycles. The maximum atomic E-state index is 11.7. The predicted octanol–water partition coefficient (Wildman–Crippen LogP) is -0.667. The quantitative estimate of drug-likeness (QED) is 0.598. The Kier molecular flexibility index (Phi) is 3.68. The first-order chi connectivity index (χ1) is 6.94. The van der Waals surface area contributed by atoms with Gasteiger partial charge in [-0.3, -0.25) is 9.59 Å². The van der Waals surface area contributed by atoms with Gasteiger partial charge in [-0.2, -0.15) is 0 Å². The number of rotatable bonds is 2. The molecule has 0 atom stereocenters. The van der Waals surface area contributed by atoms with Crippen molar-refractivity contribution >= 4 is 11.8 Å². The minimum Gasteiger partial charge on any atom is -0.359 e. The molecule has 0 bridgehead atoms. The van der Waals surface area contributed by atoms with E-state index in [9.17, 15) is 9.59 Å². The highest BCUT2D eigenvalue weighted by Crippen LogP contribution is 2.10. The largest absolute Gasteiger partial charge is 0.359 e. The van der Waals surface area contributed by atoms with Crippen LogP contribution in [0.15, 0.2) is 0 Å². The van der Waals surface area contributed by atoms with E-state index in [1.54, 1.807) is 4.90 Å². The molecule has 1 rings (SSSR count). The van der Waals surface area contributed by atoms with Crippen LogP contribution in [0.5, 0.6) is 0 Å². The summed E-state index contributed by atoms with van der Waals surface area (Å²) in [5.74, 6) is -0.319. The van der Waals surface area contributed by atoms with E-state index in [4.69, 9.17) is 0 Å². The van der Waals surface area contributed by atoms with Crippen LogP contribution in [0.25, 0.3) is 0 Å². The highest BCUT2D eigenvalue weighted by Gasteiger charge is 2.28. The van der Waals surface area contributed by atoms with Crippen molar-refractivity contribution in [3.05, 3.63) is 0 Å². The van der Waals surface area contributed by atoms with Crippen molar-refractivity contribution in [2.75, 3.05) is 26.7 Å². The van der Waals surface area contributed by atoms with Gasteiger partial charge in [-0.05, 0) is 13.8 Å². The second-order valence-corrected chi connectivity index (χ2v) is 4.48. The topological polar surface area (TPSA) is 61.4 Å². The number of carbonyl (C=O) groups is 2. The molecule has 86 valence electrons. The molecule has 15 heavy (non-hydrogen) atoms. The fourth-order valence-corrected chi connectivity index (χ4v) is 1.69. The summed E-state index contributed by atoms with van der Waals surface area (Å²) in [5.41, 5.74) is -0.0589. The Balaban J connectivity index is 2.49. The standard InChI is InChI=1S/C10H19N3O2/c1-10(2)7-13(5-4-12-10)9(15)6-8(14)11-3/h12H,4-7H2,1-3H3,(H,11,14). The molecule has 1 heterocycles. The summed E-state index contributed by atoms with van der Waals surface area (Å²) in [6.45, 7) is 6.22. The molecule has 1 saturated heterocycles. The van der Waals surface area contributed by atoms with Crippen LogP contribution in [0, 0.1) is 0 Å². The summed E-state index contributed by atoms with van der Waals surface area (Å²) in [7, 11) is 1.54. The average Bonchev–Trinajstić information content (AvgIpc) is 2.16. The Morgan fingerprint density at radius 1 is 1.47 bits per heavy atom. The third-order valence-corrected chi connectivity index (χ3v) is 2.51. The van der Waals surface area contributed by atoms with Crippen molar-refractivity contribution in [1.29, 1.82) is 0 Å². The number of carbonyl (C=O) groups excluding carboxylic acids is 2. The first-order valence-electron chi connectivity index (χ1n) is 5.18. The van der Waals surface area contributed by atoms with E-state index in [-0.39, 0.29) is 23.8 Å². The van der Waals surface area contributed by atoms with Crippen molar-refractivity contribution in [2.45, 2.75) is 25.8 Å². The molecule has 0 aromatic rings. The summed E-state index contributed by atoms with van der Waals surface area (Å²) < 4.78 is 0. The molecule has 0 saturated carbocycles. The van der Waals surface area contributed by atoms with Crippen molar-refractivity contribution in [1.82, 2.24) is 15.5 Å². The second kappa shape index (κ2) is 4.61. The van der Waals surface area contributed by atoms with E-state index in [1.807, 2.05) is 13.8 Å². The zero-order valence-corrected chi connectivity index (χ0v) is 9.59. The monoisotopic (exact) mass is 213 g/mol. The predicted molar refractivity (Wildman–Crippen MR) is 57.3 cm³/mol. The molecular weight excluding hydrogens is 194 g/mol. The summed E-state index contributed by atoms with van der Waals surface area (Å²) in [5, 5.41) is 5.77. The summed E-state index contributed by atoms with van der Waals surface area (Å²) in [6, 6.07) is 0. The van der Waals surface area contributed by atoms with Crippen LogP contribution in [0.1, 0.15) is 20.3 Å². The van der Waals surface area contributed by atoms with Gasteiger partial charge in [0, 0.05) is 32.2 Å². The highest BCUT2D eigenvalue weighted by atomic mass is 16.2. The molecule has 0 spiro atoms. The van der Waals surface area contributed by atoms with Gasteiger partial charge in [-0.1, -0.05) is 0 Å². The second-order valence-electron chi connectivity index (χ2n) is 4.48. The molecule has 0 aromatic carbocycles. The lowest BCUT2D eigenvalue weighted by molar-refractivity contribution is -0.137. The van der Waals surface area contributed by atoms with Gasteiger partial charge >= 0.3 is 0 Å². The Morgan fingerprint density at radius 2 is 2.13 bits per heavy atom. The molecule has 1 fully saturated rings. The normalized spacial score (nSPS) is 19.8. The summed E-state index contributed by atoms with van der Waals surface area (Å²) in [4.78, 5) is 24.5. The molecule has 0 unspecified atom stereocenters. The first-order valence-corrected chi connectivity index (χ1v) is 5.18. The first kappa shape index (κ1) is 12.0. The van der Waals surface area contributed by atoms with Crippen LogP contribution in [-0.4, -0.2) is 48.9 Å². The van der Waals surface area contributed by atoms with Crippen LogP contribution < -0.4 is 10.6 Å². The van der Waals surface area contributed by atoms with Crippen molar-refractivity contribution in [2.24, 2.45) is 0 Å². The van der Waals surface area contributed by atoms with Gasteiger partial charge in [0.05, 0.1) is 0 Å². The third kappa shape index (κ3) is 3.51. The zero-order chi connectivity index (χ0) is 11.5. The van der Waals surface area contributed by atoms with E-state index in [0.29, 0.717) is 13.1 Å². The van der Waals surface area contributed by atoms with E-state index in [0.717, 1.165) is 6.54 Å². The Labute approximate surface area is 90.2 Å². The average molecular weight is 213 g/mol. The van der Waals surface area contributed by atoms with Gasteiger partial charge in [0.2, 0.25) is 11.8 Å². The number of hydrogen-bond acceptors (Lipinski definition) is 3. The van der Waals surface area contributed by atoms with Crippen molar-refractivity contribution in [3.63, 3.8) is 0 Å². The molecule has 2 amide bonds. The van der Waals surface area contributed by atoms with Gasteiger partial charge in [0.1, 0.15) is 6.42 Å². The van der Waals surface area contributed by atoms with Gasteiger partial charge < -0.3 is 15.5 Å². The number of hydrogen-bond donors (Lipinski definition) is 2. The summed E-state index contributed by atoms with van der Waals surface area (Å²) >= 11 is 0. The fraction of sp³-hybridized carbons (Fsp3) is 0.800. The minimum atomic E-state index is -0.226. The molecule has 0 radical (unpaired) electrons. The van der Waals surface area contributed by atoms with Crippen molar-refractivity contribution in [3.8, 4) is 0 Å². The minimum absolute atomic E-state index is 0.0490. The molecule has 1 aliphatic rings. The third-order valence-electron chi connectivity index (χ3n) is 2.51. The number of piperazine rings is 1. The molecule has 5 nitrogen and oxygen atoms in total. The van der Waals surface area contributed by atoms with Crippen LogP contribution in [-0.2, 0) is 9.59 Å². The van der Waals surface area contributed by atoms with Gasteiger partial charge in [-0.25, -0.2) is 0 Å². The van der Waals surface area contributed by atoms with Crippen LogP contribution in [0.4, 0.5) is 0 Å². The van der Waals surface area contributed by atoms with Gasteiger partial charge in [-0.15, -0.1) is 0 Å². The molecular formula is C10H19N3O2. The number of nitrogens with one attached hydrogen (secondary N) is 2. The van der Waals surface area contributed by atoms with Crippen molar-refractivity contribution < 1.29 is 9.59 Å². The highest BCUT2D eigenvalue weighted by molar-refractivity contribution is 5.96. The Hall–Kier alpha value is -1.10. The molecule has 0 aliphatic carbocycles. The molecule has 2 N–H and O–H groups in total. The van der Waals surface area contributed by atoms with Crippen LogP contribution in [0.2, 0.25) is 0 Å². The SMILES string of the molecule is CNC(=O)CC(=O)N1CCNC(C)(C)C1. The molecule has 0 aromatic heterocycles. The summed E-state index contributed by atoms with van der Waals surface area (Å²) in [6.07, 6.45) is -0.0490. The Bertz CT molecular complexity index is 263. The van der Waals surface area contributed by atoms with E-state index in [1.165, 1.54) is 7.05 Å². The molecule has 5 heteroatoms. The maximum Gasteiger partial charge on any atom is 0.232 e. The Morgan fingerprint density at radius 3 is 2.67 bits per heavy atom. The lowest BCUT2D eigenvalue weighted by Crippen LogP contribution is -2.58. The fourth-order valence-electron chi connectivity index (χ4n) is 1.69. The van der Waals surface area contributed by atoms with E-state index in [2.05, 4.69) is 10.6 Å². The van der Waals surface area contributed by atoms with E-state index < -0.39 is 0 Å². The lowest BCUT2D eigenvalue weighted by Gasteiger charge is -2.39. The number of amides is 2. The zero-order valence-electron chi connectivity index (χ0n) is 9.59. The smallest absolute Gasteiger partial charge is 0.232 e. The van der Waals surface area contributed by atoms with Gasteiger partial charge in [0.25, 0.3) is 0 Å². The number of nitrogens with zero attached hydrogens (tertiary/aromatic N) is 1. The lowest BCUT2D eigenvalue weighted by atomic mass is 10.0.